The molecule has 6 heteroatoms. The Hall–Kier alpha value is -2.76. The Morgan fingerprint density at radius 2 is 1.91 bits per heavy atom. The fourth-order valence-corrected chi connectivity index (χ4v) is 1.62. The number of anilines is 1. The minimum atomic E-state index is -1.03. The lowest BCUT2D eigenvalue weighted by Gasteiger charge is -2.04. The summed E-state index contributed by atoms with van der Waals surface area (Å²) >= 11 is 0. The summed E-state index contributed by atoms with van der Waals surface area (Å²) in [6, 6.07) is 10.7. The smallest absolute Gasteiger partial charge is 0.265 e. The zero-order chi connectivity index (χ0) is 15.9. The lowest BCUT2D eigenvalue weighted by Crippen LogP contribution is -2.17. The lowest BCUT2D eigenvalue weighted by atomic mass is 10.2. The van der Waals surface area contributed by atoms with Crippen LogP contribution in [0.5, 0.6) is 0 Å². The SMILES string of the molecule is Cc1ccc(/C=N\OCC(=O)Nc2ccc(F)c(F)c2)cc1. The molecule has 2 aromatic rings. The van der Waals surface area contributed by atoms with Crippen molar-refractivity contribution in [2.45, 2.75) is 6.92 Å². The summed E-state index contributed by atoms with van der Waals surface area (Å²) in [4.78, 5) is 16.4. The molecule has 0 atom stereocenters. The molecular weight excluding hydrogens is 290 g/mol. The molecule has 0 aliphatic carbocycles. The van der Waals surface area contributed by atoms with Crippen LogP contribution in [0.25, 0.3) is 0 Å². The largest absolute Gasteiger partial charge is 0.386 e. The molecule has 0 saturated carbocycles. The van der Waals surface area contributed by atoms with Crippen molar-refractivity contribution in [3.05, 3.63) is 65.2 Å². The Morgan fingerprint density at radius 1 is 1.18 bits per heavy atom. The van der Waals surface area contributed by atoms with E-state index in [2.05, 4.69) is 10.5 Å². The number of carbonyl (C=O) groups excluding carboxylic acids is 1. The fraction of sp³-hybridized carbons (Fsp3) is 0.125. The van der Waals surface area contributed by atoms with Gasteiger partial charge in [0.1, 0.15) is 0 Å². The van der Waals surface area contributed by atoms with Gasteiger partial charge in [-0.1, -0.05) is 35.0 Å². The van der Waals surface area contributed by atoms with Crippen molar-refractivity contribution in [3.8, 4) is 0 Å². The van der Waals surface area contributed by atoms with E-state index in [9.17, 15) is 13.6 Å². The molecule has 0 radical (unpaired) electrons. The van der Waals surface area contributed by atoms with E-state index < -0.39 is 17.5 Å². The first kappa shape index (κ1) is 15.6. The number of halogens is 2. The number of oxime groups is 1. The molecule has 0 aliphatic heterocycles. The highest BCUT2D eigenvalue weighted by Crippen LogP contribution is 2.12. The van der Waals surface area contributed by atoms with Crippen molar-refractivity contribution in [2.24, 2.45) is 5.16 Å². The predicted molar refractivity (Wildman–Crippen MR) is 79.7 cm³/mol. The van der Waals surface area contributed by atoms with Crippen molar-refractivity contribution < 1.29 is 18.4 Å². The topological polar surface area (TPSA) is 50.7 Å². The Labute approximate surface area is 126 Å². The molecule has 0 saturated heterocycles. The second-order valence-corrected chi connectivity index (χ2v) is 4.60. The first-order valence-corrected chi connectivity index (χ1v) is 6.51. The van der Waals surface area contributed by atoms with Crippen molar-refractivity contribution in [1.82, 2.24) is 0 Å². The molecule has 0 heterocycles. The number of aryl methyl sites for hydroxylation is 1. The van der Waals surface area contributed by atoms with Crippen LogP contribution in [-0.2, 0) is 9.63 Å². The van der Waals surface area contributed by atoms with Crippen molar-refractivity contribution in [3.63, 3.8) is 0 Å². The quantitative estimate of drug-likeness (QED) is 0.681. The molecule has 2 rings (SSSR count). The normalized spacial score (nSPS) is 10.7. The van der Waals surface area contributed by atoms with E-state index in [4.69, 9.17) is 4.84 Å². The van der Waals surface area contributed by atoms with Gasteiger partial charge >= 0.3 is 0 Å². The highest BCUT2D eigenvalue weighted by molar-refractivity contribution is 5.91. The molecule has 0 fully saturated rings. The number of nitrogens with zero attached hydrogens (tertiary/aromatic N) is 1. The number of hydrogen-bond acceptors (Lipinski definition) is 3. The van der Waals surface area contributed by atoms with Gasteiger partial charge in [-0.3, -0.25) is 4.79 Å². The average Bonchev–Trinajstić information content (AvgIpc) is 2.49. The van der Waals surface area contributed by atoms with Crippen LogP contribution in [0.4, 0.5) is 14.5 Å². The van der Waals surface area contributed by atoms with Crippen LogP contribution in [0.1, 0.15) is 11.1 Å². The van der Waals surface area contributed by atoms with E-state index in [1.54, 1.807) is 0 Å². The summed E-state index contributed by atoms with van der Waals surface area (Å²) in [6.07, 6.45) is 1.48. The second kappa shape index (κ2) is 7.31. The van der Waals surface area contributed by atoms with E-state index >= 15 is 0 Å². The molecule has 2 aromatic carbocycles. The molecule has 22 heavy (non-hydrogen) atoms. The maximum Gasteiger partial charge on any atom is 0.265 e. The van der Waals surface area contributed by atoms with Gasteiger partial charge in [0, 0.05) is 11.8 Å². The monoisotopic (exact) mass is 304 g/mol. The van der Waals surface area contributed by atoms with E-state index in [0.717, 1.165) is 23.3 Å². The molecule has 0 aliphatic rings. The van der Waals surface area contributed by atoms with Crippen LogP contribution >= 0.6 is 0 Å². The Morgan fingerprint density at radius 3 is 2.59 bits per heavy atom. The van der Waals surface area contributed by atoms with Gasteiger partial charge in [0.2, 0.25) is 0 Å². The molecule has 1 N–H and O–H groups in total. The van der Waals surface area contributed by atoms with E-state index in [-0.39, 0.29) is 12.3 Å². The van der Waals surface area contributed by atoms with Crippen LogP contribution in [0.2, 0.25) is 0 Å². The van der Waals surface area contributed by atoms with Gasteiger partial charge < -0.3 is 10.2 Å². The summed E-state index contributed by atoms with van der Waals surface area (Å²) in [5.41, 5.74) is 2.12. The molecule has 114 valence electrons. The van der Waals surface area contributed by atoms with E-state index in [1.807, 2.05) is 31.2 Å². The van der Waals surface area contributed by atoms with Gasteiger partial charge in [-0.05, 0) is 24.6 Å². The maximum absolute atomic E-state index is 13.0. The van der Waals surface area contributed by atoms with Gasteiger partial charge in [-0.15, -0.1) is 0 Å². The summed E-state index contributed by atoms with van der Waals surface area (Å²) in [5.74, 6) is -2.53. The number of hydrogen-bond donors (Lipinski definition) is 1. The third kappa shape index (κ3) is 4.66. The second-order valence-electron chi connectivity index (χ2n) is 4.60. The highest BCUT2D eigenvalue weighted by atomic mass is 19.2. The third-order valence-corrected chi connectivity index (χ3v) is 2.75. The minimum Gasteiger partial charge on any atom is -0.386 e. The number of carbonyl (C=O) groups is 1. The fourth-order valence-electron chi connectivity index (χ4n) is 1.62. The van der Waals surface area contributed by atoms with Crippen LogP contribution in [0, 0.1) is 18.6 Å². The van der Waals surface area contributed by atoms with Crippen molar-refractivity contribution in [2.75, 3.05) is 11.9 Å². The molecule has 4 nitrogen and oxygen atoms in total. The Balaban J connectivity index is 1.80. The zero-order valence-electron chi connectivity index (χ0n) is 11.8. The van der Waals surface area contributed by atoms with Crippen LogP contribution < -0.4 is 5.32 Å². The van der Waals surface area contributed by atoms with Crippen LogP contribution in [-0.4, -0.2) is 18.7 Å². The average molecular weight is 304 g/mol. The molecule has 0 unspecified atom stereocenters. The van der Waals surface area contributed by atoms with E-state index in [1.165, 1.54) is 12.3 Å². The molecule has 0 aromatic heterocycles. The molecule has 1 amide bonds. The van der Waals surface area contributed by atoms with Crippen molar-refractivity contribution in [1.29, 1.82) is 0 Å². The Kier molecular flexibility index (Phi) is 5.19. The van der Waals surface area contributed by atoms with Gasteiger partial charge in [0.15, 0.2) is 18.2 Å². The molecular formula is C16H14F2N2O2. The van der Waals surface area contributed by atoms with Gasteiger partial charge in [0.05, 0.1) is 6.21 Å². The zero-order valence-corrected chi connectivity index (χ0v) is 11.8. The van der Waals surface area contributed by atoms with Gasteiger partial charge in [0.25, 0.3) is 5.91 Å². The van der Waals surface area contributed by atoms with Crippen LogP contribution in [0.3, 0.4) is 0 Å². The number of amides is 1. The Bertz CT molecular complexity index is 685. The summed E-state index contributed by atoms with van der Waals surface area (Å²) in [5, 5.41) is 6.04. The molecule has 0 bridgehead atoms. The van der Waals surface area contributed by atoms with Gasteiger partial charge in [-0.2, -0.15) is 0 Å². The first-order chi connectivity index (χ1) is 10.5. The maximum atomic E-state index is 13.0. The third-order valence-electron chi connectivity index (χ3n) is 2.75. The first-order valence-electron chi connectivity index (χ1n) is 6.51. The van der Waals surface area contributed by atoms with Gasteiger partial charge in [-0.25, -0.2) is 8.78 Å². The van der Waals surface area contributed by atoms with Crippen molar-refractivity contribution >= 4 is 17.8 Å². The number of nitrogens with one attached hydrogen (secondary N) is 1. The standard InChI is InChI=1S/C16H14F2N2O2/c1-11-2-4-12(5-3-11)9-19-22-10-16(21)20-13-6-7-14(17)15(18)8-13/h2-9H,10H2,1H3,(H,20,21)/b19-9-. The number of benzene rings is 2. The van der Waals surface area contributed by atoms with E-state index in [0.29, 0.717) is 0 Å². The van der Waals surface area contributed by atoms with Crippen LogP contribution in [0.15, 0.2) is 47.6 Å². The summed E-state index contributed by atoms with van der Waals surface area (Å²) < 4.78 is 25.7. The number of rotatable bonds is 5. The summed E-state index contributed by atoms with van der Waals surface area (Å²) in [7, 11) is 0. The molecule has 0 spiro atoms. The highest BCUT2D eigenvalue weighted by Gasteiger charge is 2.06. The predicted octanol–water partition coefficient (Wildman–Crippen LogP) is 3.26. The lowest BCUT2D eigenvalue weighted by molar-refractivity contribution is -0.120. The minimum absolute atomic E-state index is 0.148. The summed E-state index contributed by atoms with van der Waals surface area (Å²) in [6.45, 7) is 1.64.